The molecule has 1 aromatic heterocycles. The normalized spacial score (nSPS) is 17.0. The Morgan fingerprint density at radius 3 is 2.82 bits per heavy atom. The Morgan fingerprint density at radius 1 is 1.23 bits per heavy atom. The molecule has 0 bridgehead atoms. The molecule has 0 atom stereocenters. The Balaban J connectivity index is 1.60. The molecule has 118 valence electrons. The zero-order valence-electron chi connectivity index (χ0n) is 13.2. The van der Waals surface area contributed by atoms with Crippen molar-refractivity contribution in [3.63, 3.8) is 0 Å². The highest BCUT2D eigenvalue weighted by atomic mass is 16.5. The van der Waals surface area contributed by atoms with Gasteiger partial charge in [0.25, 0.3) is 0 Å². The van der Waals surface area contributed by atoms with E-state index in [4.69, 9.17) is 4.74 Å². The van der Waals surface area contributed by atoms with E-state index in [0.717, 1.165) is 42.6 Å². The minimum absolute atomic E-state index is 0.0689. The van der Waals surface area contributed by atoms with E-state index in [-0.39, 0.29) is 5.56 Å². The highest BCUT2D eigenvalue weighted by molar-refractivity contribution is 5.79. The number of pyridine rings is 1. The topological polar surface area (TPSA) is 45.3 Å². The Bertz CT molecular complexity index is 672. The Kier molecular flexibility index (Phi) is 4.78. The zero-order valence-corrected chi connectivity index (χ0v) is 13.2. The third-order valence-electron chi connectivity index (χ3n) is 4.36. The van der Waals surface area contributed by atoms with Crippen LogP contribution in [0.15, 0.2) is 35.1 Å². The number of nitrogens with zero attached hydrogens (tertiary/aromatic N) is 1. The number of hydrogen-bond acceptors (Lipinski definition) is 3. The molecule has 3 rings (SSSR count). The van der Waals surface area contributed by atoms with Gasteiger partial charge in [-0.3, -0.25) is 4.79 Å². The van der Waals surface area contributed by atoms with E-state index in [1.165, 1.54) is 19.4 Å². The lowest BCUT2D eigenvalue weighted by molar-refractivity contribution is 0.0999. The number of aromatic amines is 1. The van der Waals surface area contributed by atoms with Gasteiger partial charge < -0.3 is 14.6 Å². The number of piperidine rings is 1. The smallest absolute Gasteiger partial charge is 0.248 e. The van der Waals surface area contributed by atoms with Gasteiger partial charge in [-0.15, -0.1) is 0 Å². The summed E-state index contributed by atoms with van der Waals surface area (Å²) < 4.78 is 6.13. The molecular formula is C18H24N2O2. The summed E-state index contributed by atoms with van der Waals surface area (Å²) in [6.07, 6.45) is 5.03. The standard InChI is InChI=1S/C18H24N2O2/c1-2-3-10-20-11-8-15(9-12-20)22-16-5-6-17-14(13-16)4-7-18(21)19-17/h4-7,13,15H,2-3,8-12H2,1H3,(H,19,21). The van der Waals surface area contributed by atoms with Crippen molar-refractivity contribution in [2.24, 2.45) is 0 Å². The van der Waals surface area contributed by atoms with Crippen molar-refractivity contribution in [3.05, 3.63) is 40.7 Å². The second-order valence-corrected chi connectivity index (χ2v) is 6.08. The van der Waals surface area contributed by atoms with Gasteiger partial charge in [0.1, 0.15) is 11.9 Å². The molecule has 2 aromatic rings. The van der Waals surface area contributed by atoms with Crippen molar-refractivity contribution in [3.8, 4) is 5.75 Å². The average Bonchev–Trinajstić information content (AvgIpc) is 2.54. The minimum Gasteiger partial charge on any atom is -0.490 e. The second-order valence-electron chi connectivity index (χ2n) is 6.08. The average molecular weight is 300 g/mol. The van der Waals surface area contributed by atoms with E-state index in [1.54, 1.807) is 6.07 Å². The summed E-state index contributed by atoms with van der Waals surface area (Å²) in [5, 5.41) is 1.01. The maximum Gasteiger partial charge on any atom is 0.248 e. The molecule has 1 fully saturated rings. The van der Waals surface area contributed by atoms with Crippen LogP contribution < -0.4 is 10.3 Å². The monoisotopic (exact) mass is 300 g/mol. The number of ether oxygens (including phenoxy) is 1. The number of aromatic nitrogens is 1. The Labute approximate surface area is 131 Å². The molecule has 22 heavy (non-hydrogen) atoms. The molecule has 1 aromatic carbocycles. The first-order valence-corrected chi connectivity index (χ1v) is 8.26. The largest absolute Gasteiger partial charge is 0.490 e. The lowest BCUT2D eigenvalue weighted by Crippen LogP contribution is -2.38. The van der Waals surface area contributed by atoms with Crippen LogP contribution in [0.2, 0.25) is 0 Å². The summed E-state index contributed by atoms with van der Waals surface area (Å²) in [5.74, 6) is 0.895. The predicted octanol–water partition coefficient (Wildman–Crippen LogP) is 3.17. The summed E-state index contributed by atoms with van der Waals surface area (Å²) in [6, 6.07) is 9.27. The molecule has 4 heteroatoms. The second kappa shape index (κ2) is 6.97. The van der Waals surface area contributed by atoms with Crippen LogP contribution >= 0.6 is 0 Å². The van der Waals surface area contributed by atoms with Gasteiger partial charge in [-0.2, -0.15) is 0 Å². The van der Waals surface area contributed by atoms with Crippen molar-refractivity contribution < 1.29 is 4.74 Å². The highest BCUT2D eigenvalue weighted by Crippen LogP contribution is 2.22. The number of rotatable bonds is 5. The molecule has 4 nitrogen and oxygen atoms in total. The molecule has 2 heterocycles. The van der Waals surface area contributed by atoms with Crippen LogP contribution in [0.1, 0.15) is 32.6 Å². The van der Waals surface area contributed by atoms with Crippen LogP contribution in [0.5, 0.6) is 5.75 Å². The van der Waals surface area contributed by atoms with Gasteiger partial charge in [0, 0.05) is 30.1 Å². The van der Waals surface area contributed by atoms with Gasteiger partial charge in [0.05, 0.1) is 0 Å². The molecule has 0 unspecified atom stereocenters. The van der Waals surface area contributed by atoms with E-state index in [0.29, 0.717) is 6.10 Å². The van der Waals surface area contributed by atoms with Crippen LogP contribution in [-0.2, 0) is 0 Å². The first-order valence-electron chi connectivity index (χ1n) is 8.26. The Morgan fingerprint density at radius 2 is 2.05 bits per heavy atom. The minimum atomic E-state index is -0.0689. The van der Waals surface area contributed by atoms with Crippen LogP contribution in [0, 0.1) is 0 Å². The number of fused-ring (bicyclic) bond motifs is 1. The quantitative estimate of drug-likeness (QED) is 0.922. The zero-order chi connectivity index (χ0) is 15.4. The predicted molar refractivity (Wildman–Crippen MR) is 89.6 cm³/mol. The number of hydrogen-bond donors (Lipinski definition) is 1. The lowest BCUT2D eigenvalue weighted by Gasteiger charge is -2.32. The fraction of sp³-hybridized carbons (Fsp3) is 0.500. The molecule has 1 aliphatic heterocycles. The molecule has 0 aliphatic carbocycles. The third-order valence-corrected chi connectivity index (χ3v) is 4.36. The fourth-order valence-electron chi connectivity index (χ4n) is 3.03. The molecule has 1 N–H and O–H groups in total. The molecule has 0 saturated carbocycles. The first-order chi connectivity index (χ1) is 10.7. The summed E-state index contributed by atoms with van der Waals surface area (Å²) in [6.45, 7) is 5.71. The number of benzene rings is 1. The molecule has 1 aliphatic rings. The number of nitrogens with one attached hydrogen (secondary N) is 1. The van der Waals surface area contributed by atoms with E-state index >= 15 is 0 Å². The van der Waals surface area contributed by atoms with Gasteiger partial charge in [-0.25, -0.2) is 0 Å². The molecular weight excluding hydrogens is 276 g/mol. The molecule has 1 saturated heterocycles. The van der Waals surface area contributed by atoms with Crippen molar-refractivity contribution in [2.75, 3.05) is 19.6 Å². The lowest BCUT2D eigenvalue weighted by atomic mass is 10.1. The van der Waals surface area contributed by atoms with E-state index in [9.17, 15) is 4.79 Å². The molecule has 0 radical (unpaired) electrons. The van der Waals surface area contributed by atoms with Gasteiger partial charge in [-0.1, -0.05) is 13.3 Å². The van der Waals surface area contributed by atoms with Gasteiger partial charge in [0.2, 0.25) is 5.56 Å². The Hall–Kier alpha value is -1.81. The van der Waals surface area contributed by atoms with Gasteiger partial charge in [-0.05, 0) is 50.1 Å². The summed E-state index contributed by atoms with van der Waals surface area (Å²) in [7, 11) is 0. The van der Waals surface area contributed by atoms with Crippen LogP contribution in [0.3, 0.4) is 0 Å². The summed E-state index contributed by atoms with van der Waals surface area (Å²) in [4.78, 5) is 16.7. The molecule has 0 amide bonds. The van der Waals surface area contributed by atoms with Crippen molar-refractivity contribution >= 4 is 10.9 Å². The van der Waals surface area contributed by atoms with Crippen LogP contribution in [-0.4, -0.2) is 35.6 Å². The van der Waals surface area contributed by atoms with Crippen LogP contribution in [0.4, 0.5) is 0 Å². The summed E-state index contributed by atoms with van der Waals surface area (Å²) >= 11 is 0. The molecule has 0 spiro atoms. The maximum absolute atomic E-state index is 11.3. The summed E-state index contributed by atoms with van der Waals surface area (Å²) in [5.41, 5.74) is 0.787. The number of unbranched alkanes of at least 4 members (excludes halogenated alkanes) is 1. The van der Waals surface area contributed by atoms with Crippen LogP contribution in [0.25, 0.3) is 10.9 Å². The van der Waals surface area contributed by atoms with Crippen molar-refractivity contribution in [2.45, 2.75) is 38.7 Å². The van der Waals surface area contributed by atoms with Crippen molar-refractivity contribution in [1.82, 2.24) is 9.88 Å². The highest BCUT2D eigenvalue weighted by Gasteiger charge is 2.20. The van der Waals surface area contributed by atoms with Gasteiger partial charge in [0.15, 0.2) is 0 Å². The number of likely N-dealkylation sites (tertiary alicyclic amines) is 1. The van der Waals surface area contributed by atoms with E-state index in [2.05, 4.69) is 16.8 Å². The number of H-pyrrole nitrogens is 1. The maximum atomic E-state index is 11.3. The van der Waals surface area contributed by atoms with Crippen molar-refractivity contribution in [1.29, 1.82) is 0 Å². The third kappa shape index (κ3) is 3.69. The van der Waals surface area contributed by atoms with Gasteiger partial charge >= 0.3 is 0 Å². The fourth-order valence-corrected chi connectivity index (χ4v) is 3.03. The van der Waals surface area contributed by atoms with E-state index < -0.39 is 0 Å². The SMILES string of the molecule is CCCCN1CCC(Oc2ccc3[nH]c(=O)ccc3c2)CC1. The first kappa shape index (κ1) is 15.1. The van der Waals surface area contributed by atoms with E-state index in [1.807, 2.05) is 24.3 Å².